The van der Waals surface area contributed by atoms with E-state index in [0.29, 0.717) is 46.1 Å². The molecule has 0 aliphatic heterocycles. The fourth-order valence-corrected chi connectivity index (χ4v) is 3.57. The van der Waals surface area contributed by atoms with Gasteiger partial charge in [-0.15, -0.1) is 11.3 Å². The zero-order valence-corrected chi connectivity index (χ0v) is 17.6. The third kappa shape index (κ3) is 5.29. The van der Waals surface area contributed by atoms with E-state index in [1.165, 1.54) is 11.3 Å². The summed E-state index contributed by atoms with van der Waals surface area (Å²) in [4.78, 5) is 26.0. The number of hydrogen-bond acceptors (Lipinski definition) is 7. The van der Waals surface area contributed by atoms with E-state index < -0.39 is 0 Å². The molecule has 0 aliphatic carbocycles. The average Bonchev–Trinajstić information content (AvgIpc) is 3.15. The Morgan fingerprint density at radius 3 is 2.72 bits per heavy atom. The first-order valence-corrected chi connectivity index (χ1v) is 10.3. The van der Waals surface area contributed by atoms with Crippen molar-refractivity contribution < 1.29 is 14.3 Å². The van der Waals surface area contributed by atoms with Gasteiger partial charge in [-0.1, -0.05) is 19.4 Å². The molecule has 2 aromatic heterocycles. The largest absolute Gasteiger partial charge is 0.493 e. The molecular weight excluding hydrogens is 388 g/mol. The Kier molecular flexibility index (Phi) is 7.13. The van der Waals surface area contributed by atoms with Gasteiger partial charge in [0.05, 0.1) is 19.4 Å². The van der Waals surface area contributed by atoms with Crippen molar-refractivity contribution in [3.05, 3.63) is 52.8 Å². The number of rotatable bonds is 9. The SMILES string of the molecule is CCCCOc1ccc(CNC(=O)c2sc(-c3ncccn3)nc2C)cc1OC. The van der Waals surface area contributed by atoms with E-state index in [1.807, 2.05) is 25.1 Å². The topological polar surface area (TPSA) is 86.2 Å². The third-order valence-electron chi connectivity index (χ3n) is 4.20. The molecule has 0 unspecified atom stereocenters. The summed E-state index contributed by atoms with van der Waals surface area (Å²) in [6.45, 7) is 4.95. The van der Waals surface area contributed by atoms with Crippen LogP contribution in [0.1, 0.15) is 40.7 Å². The summed E-state index contributed by atoms with van der Waals surface area (Å²) in [5.41, 5.74) is 1.58. The molecule has 0 saturated carbocycles. The monoisotopic (exact) mass is 412 g/mol. The Labute approximate surface area is 174 Å². The zero-order chi connectivity index (χ0) is 20.6. The van der Waals surface area contributed by atoms with Crippen LogP contribution in [0.15, 0.2) is 36.7 Å². The lowest BCUT2D eigenvalue weighted by Gasteiger charge is -2.12. The van der Waals surface area contributed by atoms with Crippen molar-refractivity contribution in [2.75, 3.05) is 13.7 Å². The Hall–Kier alpha value is -3.00. The molecule has 0 spiro atoms. The molecular formula is C21H24N4O3S. The highest BCUT2D eigenvalue weighted by molar-refractivity contribution is 7.17. The molecule has 8 heteroatoms. The van der Waals surface area contributed by atoms with Crippen molar-refractivity contribution in [2.45, 2.75) is 33.2 Å². The van der Waals surface area contributed by atoms with Crippen molar-refractivity contribution >= 4 is 17.2 Å². The van der Waals surface area contributed by atoms with Crippen molar-refractivity contribution in [3.63, 3.8) is 0 Å². The van der Waals surface area contributed by atoms with E-state index in [9.17, 15) is 4.79 Å². The van der Waals surface area contributed by atoms with Crippen LogP contribution in [0.5, 0.6) is 11.5 Å². The number of methoxy groups -OCH3 is 1. The number of aromatic nitrogens is 3. The molecule has 0 radical (unpaired) electrons. The molecule has 3 rings (SSSR count). The lowest BCUT2D eigenvalue weighted by Crippen LogP contribution is -2.22. The predicted molar refractivity (Wildman–Crippen MR) is 112 cm³/mol. The molecule has 0 atom stereocenters. The van der Waals surface area contributed by atoms with Crippen molar-refractivity contribution in [1.29, 1.82) is 0 Å². The van der Waals surface area contributed by atoms with Crippen LogP contribution in [0.25, 0.3) is 10.8 Å². The number of unbranched alkanes of at least 4 members (excludes halogenated alkanes) is 1. The standard InChI is InChI=1S/C21H24N4O3S/c1-4-5-11-28-16-8-7-15(12-17(16)27-3)13-24-20(26)18-14(2)25-21(29-18)19-22-9-6-10-23-19/h6-10,12H,4-5,11,13H2,1-3H3,(H,24,26). The molecule has 2 heterocycles. The van der Waals surface area contributed by atoms with E-state index >= 15 is 0 Å². The van der Waals surface area contributed by atoms with Crippen molar-refractivity contribution in [1.82, 2.24) is 20.3 Å². The Balaban J connectivity index is 1.65. The van der Waals surface area contributed by atoms with Gasteiger partial charge >= 0.3 is 0 Å². The van der Waals surface area contributed by atoms with Crippen molar-refractivity contribution in [2.24, 2.45) is 0 Å². The summed E-state index contributed by atoms with van der Waals surface area (Å²) in [6, 6.07) is 7.42. The maximum absolute atomic E-state index is 12.6. The van der Waals surface area contributed by atoms with Gasteiger partial charge in [-0.3, -0.25) is 4.79 Å². The van der Waals surface area contributed by atoms with Crippen molar-refractivity contribution in [3.8, 4) is 22.3 Å². The van der Waals surface area contributed by atoms with Gasteiger partial charge in [-0.2, -0.15) is 0 Å². The number of aryl methyl sites for hydroxylation is 1. The first-order valence-electron chi connectivity index (χ1n) is 9.45. The summed E-state index contributed by atoms with van der Waals surface area (Å²) in [7, 11) is 1.61. The Morgan fingerprint density at radius 2 is 2.00 bits per heavy atom. The molecule has 3 aromatic rings. The van der Waals surface area contributed by atoms with Gasteiger partial charge in [-0.05, 0) is 37.1 Å². The average molecular weight is 413 g/mol. The maximum Gasteiger partial charge on any atom is 0.263 e. The lowest BCUT2D eigenvalue weighted by atomic mass is 10.2. The smallest absolute Gasteiger partial charge is 0.263 e. The van der Waals surface area contributed by atoms with Gasteiger partial charge in [-0.25, -0.2) is 15.0 Å². The van der Waals surface area contributed by atoms with Gasteiger partial charge in [0.2, 0.25) is 0 Å². The summed E-state index contributed by atoms with van der Waals surface area (Å²) >= 11 is 1.28. The summed E-state index contributed by atoms with van der Waals surface area (Å²) in [6.07, 6.45) is 5.37. The molecule has 0 bridgehead atoms. The number of ether oxygens (including phenoxy) is 2. The van der Waals surface area contributed by atoms with Crippen LogP contribution in [0.3, 0.4) is 0 Å². The fraction of sp³-hybridized carbons (Fsp3) is 0.333. The Morgan fingerprint density at radius 1 is 1.21 bits per heavy atom. The number of thiazole rings is 1. The molecule has 1 N–H and O–H groups in total. The fourth-order valence-electron chi connectivity index (χ4n) is 2.64. The molecule has 0 aliphatic rings. The first-order chi connectivity index (χ1) is 14.1. The first kappa shape index (κ1) is 20.7. The summed E-state index contributed by atoms with van der Waals surface area (Å²) in [5, 5.41) is 3.57. The molecule has 1 aromatic carbocycles. The zero-order valence-electron chi connectivity index (χ0n) is 16.8. The molecule has 7 nitrogen and oxygen atoms in total. The second kappa shape index (κ2) is 9.97. The van der Waals surface area contributed by atoms with E-state index in [1.54, 1.807) is 25.6 Å². The van der Waals surface area contributed by atoms with Crippen LogP contribution >= 0.6 is 11.3 Å². The molecule has 152 valence electrons. The molecule has 0 fully saturated rings. The van der Waals surface area contributed by atoms with E-state index in [4.69, 9.17) is 9.47 Å². The van der Waals surface area contributed by atoms with Crippen LogP contribution in [0, 0.1) is 6.92 Å². The van der Waals surface area contributed by atoms with Gasteiger partial charge in [0, 0.05) is 18.9 Å². The molecule has 29 heavy (non-hydrogen) atoms. The molecule has 1 amide bonds. The summed E-state index contributed by atoms with van der Waals surface area (Å²) in [5.74, 6) is 1.71. The van der Waals surface area contributed by atoms with Crippen LogP contribution in [0.2, 0.25) is 0 Å². The quantitative estimate of drug-likeness (QED) is 0.534. The van der Waals surface area contributed by atoms with Gasteiger partial charge in [0.1, 0.15) is 4.88 Å². The minimum absolute atomic E-state index is 0.176. The van der Waals surface area contributed by atoms with Crippen LogP contribution in [-0.2, 0) is 6.54 Å². The number of nitrogens with zero attached hydrogens (tertiary/aromatic N) is 3. The Bertz CT molecular complexity index is 960. The lowest BCUT2D eigenvalue weighted by molar-refractivity contribution is 0.0954. The predicted octanol–water partition coefficient (Wildman–Crippen LogP) is 4.03. The maximum atomic E-state index is 12.6. The number of carbonyl (C=O) groups excluding carboxylic acids is 1. The highest BCUT2D eigenvalue weighted by Crippen LogP contribution is 2.29. The van der Waals surface area contributed by atoms with Crippen LogP contribution in [0.4, 0.5) is 0 Å². The van der Waals surface area contributed by atoms with E-state index in [0.717, 1.165) is 18.4 Å². The van der Waals surface area contributed by atoms with E-state index in [2.05, 4.69) is 27.2 Å². The van der Waals surface area contributed by atoms with Crippen LogP contribution in [-0.4, -0.2) is 34.6 Å². The second-order valence-electron chi connectivity index (χ2n) is 6.38. The number of amides is 1. The number of benzene rings is 1. The minimum Gasteiger partial charge on any atom is -0.493 e. The third-order valence-corrected chi connectivity index (χ3v) is 5.35. The van der Waals surface area contributed by atoms with Gasteiger partial charge in [0.25, 0.3) is 5.91 Å². The van der Waals surface area contributed by atoms with Crippen LogP contribution < -0.4 is 14.8 Å². The molecule has 0 saturated heterocycles. The number of carbonyl (C=O) groups is 1. The highest BCUT2D eigenvalue weighted by Gasteiger charge is 2.17. The summed E-state index contributed by atoms with van der Waals surface area (Å²) < 4.78 is 11.2. The van der Waals surface area contributed by atoms with Gasteiger partial charge in [0.15, 0.2) is 22.3 Å². The van der Waals surface area contributed by atoms with E-state index in [-0.39, 0.29) is 5.91 Å². The van der Waals surface area contributed by atoms with Gasteiger partial charge < -0.3 is 14.8 Å². The number of hydrogen-bond donors (Lipinski definition) is 1. The normalized spacial score (nSPS) is 10.6. The second-order valence-corrected chi connectivity index (χ2v) is 7.37. The highest BCUT2D eigenvalue weighted by atomic mass is 32.1. The number of nitrogens with one attached hydrogen (secondary N) is 1. The minimum atomic E-state index is -0.176.